The quantitative estimate of drug-likeness (QED) is 0.791. The minimum Gasteiger partial charge on any atom is -0.384 e. The van der Waals surface area contributed by atoms with Gasteiger partial charge in [-0.05, 0) is 17.6 Å². The van der Waals surface area contributed by atoms with Crippen LogP contribution in [0.3, 0.4) is 0 Å². The van der Waals surface area contributed by atoms with Crippen molar-refractivity contribution in [3.8, 4) is 0 Å². The molecule has 96 valence electrons. The molecule has 0 N–H and O–H groups in total. The van der Waals surface area contributed by atoms with Crippen LogP contribution in [-0.2, 0) is 9.47 Å². The highest BCUT2D eigenvalue weighted by Gasteiger charge is 2.30. The molecular formula is C16H20O2. The highest BCUT2D eigenvalue weighted by Crippen LogP contribution is 2.36. The molecule has 0 radical (unpaired) electrons. The average Bonchev–Trinajstić information content (AvgIpc) is 2.40. The number of hydrogen-bond donors (Lipinski definition) is 0. The highest BCUT2D eigenvalue weighted by atomic mass is 16.5. The van der Waals surface area contributed by atoms with Crippen LogP contribution in [0.15, 0.2) is 48.6 Å². The molecule has 0 aliphatic heterocycles. The van der Waals surface area contributed by atoms with Gasteiger partial charge in [0.2, 0.25) is 0 Å². The van der Waals surface area contributed by atoms with Gasteiger partial charge in [0, 0.05) is 19.6 Å². The summed E-state index contributed by atoms with van der Waals surface area (Å²) in [6.07, 6.45) is 7.45. The third-order valence-electron chi connectivity index (χ3n) is 3.30. The van der Waals surface area contributed by atoms with E-state index in [1.807, 2.05) is 6.07 Å². The Morgan fingerprint density at radius 1 is 1.06 bits per heavy atom. The van der Waals surface area contributed by atoms with E-state index in [2.05, 4.69) is 42.5 Å². The normalized spacial score (nSPS) is 17.6. The van der Waals surface area contributed by atoms with E-state index in [0.29, 0.717) is 13.2 Å². The standard InChI is InChI=1S/C16H20O2/c1-17-12-16(13-18-2)10-6-9-15(11-16)14-7-4-3-5-8-14/h3-10H,11-13H2,1-2H3. The van der Waals surface area contributed by atoms with Crippen LogP contribution >= 0.6 is 0 Å². The summed E-state index contributed by atoms with van der Waals surface area (Å²) in [5.74, 6) is 0. The van der Waals surface area contributed by atoms with Gasteiger partial charge >= 0.3 is 0 Å². The van der Waals surface area contributed by atoms with Crippen LogP contribution in [0.5, 0.6) is 0 Å². The number of hydrogen-bond acceptors (Lipinski definition) is 2. The molecule has 1 aliphatic carbocycles. The van der Waals surface area contributed by atoms with Crippen LogP contribution in [0.25, 0.3) is 5.57 Å². The lowest BCUT2D eigenvalue weighted by molar-refractivity contribution is 0.0431. The Kier molecular flexibility index (Phi) is 4.34. The Morgan fingerprint density at radius 2 is 1.72 bits per heavy atom. The fourth-order valence-electron chi connectivity index (χ4n) is 2.53. The summed E-state index contributed by atoms with van der Waals surface area (Å²) in [6, 6.07) is 10.5. The second kappa shape index (κ2) is 5.98. The summed E-state index contributed by atoms with van der Waals surface area (Å²) in [7, 11) is 3.48. The number of allylic oxidation sites excluding steroid dienone is 3. The van der Waals surface area contributed by atoms with Crippen molar-refractivity contribution in [2.45, 2.75) is 6.42 Å². The van der Waals surface area contributed by atoms with E-state index in [1.54, 1.807) is 14.2 Å². The highest BCUT2D eigenvalue weighted by molar-refractivity contribution is 5.69. The van der Waals surface area contributed by atoms with Crippen LogP contribution in [0.1, 0.15) is 12.0 Å². The topological polar surface area (TPSA) is 18.5 Å². The molecule has 0 atom stereocenters. The van der Waals surface area contributed by atoms with Crippen LogP contribution in [0.4, 0.5) is 0 Å². The maximum atomic E-state index is 5.36. The molecule has 18 heavy (non-hydrogen) atoms. The molecular weight excluding hydrogens is 224 g/mol. The monoisotopic (exact) mass is 244 g/mol. The first-order valence-electron chi connectivity index (χ1n) is 6.21. The van der Waals surface area contributed by atoms with Gasteiger partial charge in [-0.15, -0.1) is 0 Å². The number of benzene rings is 1. The van der Waals surface area contributed by atoms with E-state index in [0.717, 1.165) is 6.42 Å². The van der Waals surface area contributed by atoms with E-state index < -0.39 is 0 Å². The van der Waals surface area contributed by atoms with Gasteiger partial charge in [-0.3, -0.25) is 0 Å². The maximum Gasteiger partial charge on any atom is 0.0578 e. The van der Waals surface area contributed by atoms with E-state index in [9.17, 15) is 0 Å². The predicted molar refractivity (Wildman–Crippen MR) is 74.4 cm³/mol. The molecule has 0 saturated heterocycles. The smallest absolute Gasteiger partial charge is 0.0578 e. The molecule has 0 amide bonds. The first-order chi connectivity index (χ1) is 8.79. The third-order valence-corrected chi connectivity index (χ3v) is 3.30. The van der Waals surface area contributed by atoms with Crippen LogP contribution in [0.2, 0.25) is 0 Å². The Balaban J connectivity index is 2.21. The second-order valence-corrected chi connectivity index (χ2v) is 4.82. The molecule has 2 nitrogen and oxygen atoms in total. The lowest BCUT2D eigenvalue weighted by Gasteiger charge is -2.32. The van der Waals surface area contributed by atoms with Gasteiger partial charge in [0.25, 0.3) is 0 Å². The first-order valence-corrected chi connectivity index (χ1v) is 6.21. The first kappa shape index (κ1) is 13.1. The van der Waals surface area contributed by atoms with Crippen LogP contribution in [0, 0.1) is 5.41 Å². The average molecular weight is 244 g/mol. The van der Waals surface area contributed by atoms with Gasteiger partial charge in [0.15, 0.2) is 0 Å². The van der Waals surface area contributed by atoms with Crippen molar-refractivity contribution >= 4 is 5.57 Å². The van der Waals surface area contributed by atoms with Crippen molar-refractivity contribution in [3.63, 3.8) is 0 Å². The predicted octanol–water partition coefficient (Wildman–Crippen LogP) is 3.31. The lowest BCUT2D eigenvalue weighted by atomic mass is 9.78. The number of ether oxygens (including phenoxy) is 2. The summed E-state index contributed by atoms with van der Waals surface area (Å²) in [5.41, 5.74) is 2.58. The molecule has 0 unspecified atom stereocenters. The molecule has 0 heterocycles. The van der Waals surface area contributed by atoms with Crippen molar-refractivity contribution in [1.29, 1.82) is 0 Å². The van der Waals surface area contributed by atoms with E-state index in [-0.39, 0.29) is 5.41 Å². The Bertz CT molecular complexity index is 426. The zero-order valence-corrected chi connectivity index (χ0v) is 11.1. The maximum absolute atomic E-state index is 5.36. The van der Waals surface area contributed by atoms with E-state index >= 15 is 0 Å². The van der Waals surface area contributed by atoms with E-state index in [4.69, 9.17) is 9.47 Å². The fourth-order valence-corrected chi connectivity index (χ4v) is 2.53. The Morgan fingerprint density at radius 3 is 2.33 bits per heavy atom. The number of rotatable bonds is 5. The molecule has 0 saturated carbocycles. The van der Waals surface area contributed by atoms with Gasteiger partial charge < -0.3 is 9.47 Å². The molecule has 1 aromatic rings. The van der Waals surface area contributed by atoms with Crippen molar-refractivity contribution in [1.82, 2.24) is 0 Å². The van der Waals surface area contributed by atoms with Gasteiger partial charge in [-0.2, -0.15) is 0 Å². The van der Waals surface area contributed by atoms with Crippen molar-refractivity contribution in [3.05, 3.63) is 54.1 Å². The Hall–Kier alpha value is -1.38. The zero-order chi connectivity index (χ0) is 12.8. The molecule has 1 aromatic carbocycles. The minimum absolute atomic E-state index is 0.0383. The van der Waals surface area contributed by atoms with Crippen LogP contribution < -0.4 is 0 Å². The van der Waals surface area contributed by atoms with Crippen molar-refractivity contribution in [2.24, 2.45) is 5.41 Å². The Labute approximate surface area is 109 Å². The van der Waals surface area contributed by atoms with Gasteiger partial charge in [-0.25, -0.2) is 0 Å². The zero-order valence-electron chi connectivity index (χ0n) is 11.1. The molecule has 2 heteroatoms. The van der Waals surface area contributed by atoms with Crippen molar-refractivity contribution in [2.75, 3.05) is 27.4 Å². The summed E-state index contributed by atoms with van der Waals surface area (Å²) < 4.78 is 10.7. The third kappa shape index (κ3) is 2.89. The summed E-state index contributed by atoms with van der Waals surface area (Å²) in [5, 5.41) is 0. The van der Waals surface area contributed by atoms with Gasteiger partial charge in [0.1, 0.15) is 0 Å². The van der Waals surface area contributed by atoms with Crippen LogP contribution in [-0.4, -0.2) is 27.4 Å². The largest absolute Gasteiger partial charge is 0.384 e. The molecule has 1 aliphatic rings. The summed E-state index contributed by atoms with van der Waals surface area (Å²) in [6.45, 7) is 1.36. The SMILES string of the molecule is COCC1(COC)C=CC=C(c2ccccc2)C1. The summed E-state index contributed by atoms with van der Waals surface area (Å²) in [4.78, 5) is 0. The molecule has 0 bridgehead atoms. The van der Waals surface area contributed by atoms with Gasteiger partial charge in [-0.1, -0.05) is 48.6 Å². The molecule has 0 aromatic heterocycles. The summed E-state index contributed by atoms with van der Waals surface area (Å²) >= 11 is 0. The van der Waals surface area contributed by atoms with E-state index in [1.165, 1.54) is 11.1 Å². The fraction of sp³-hybridized carbons (Fsp3) is 0.375. The molecule has 2 rings (SSSR count). The second-order valence-electron chi connectivity index (χ2n) is 4.82. The molecule has 0 spiro atoms. The van der Waals surface area contributed by atoms with Gasteiger partial charge in [0.05, 0.1) is 13.2 Å². The minimum atomic E-state index is -0.0383. The number of methoxy groups -OCH3 is 2. The molecule has 0 fully saturated rings. The van der Waals surface area contributed by atoms with Crippen molar-refractivity contribution < 1.29 is 9.47 Å². The lowest BCUT2D eigenvalue weighted by Crippen LogP contribution is -2.31.